The molecular weight excluding hydrogens is 395 g/mol. The van der Waals surface area contributed by atoms with Gasteiger partial charge in [0.15, 0.2) is 0 Å². The maximum Gasteiger partial charge on any atom is 0.442 e. The number of hydrogen-bond donors (Lipinski definition) is 2. The molecule has 28 heavy (non-hydrogen) atoms. The first-order chi connectivity index (χ1) is 13.3. The lowest BCUT2D eigenvalue weighted by Gasteiger charge is -2.12. The van der Waals surface area contributed by atoms with Gasteiger partial charge in [-0.3, -0.25) is 9.32 Å². The van der Waals surface area contributed by atoms with Crippen LogP contribution in [0, 0.1) is 0 Å². The van der Waals surface area contributed by atoms with E-state index >= 15 is 0 Å². The van der Waals surface area contributed by atoms with Gasteiger partial charge in [0.2, 0.25) is 11.6 Å². The van der Waals surface area contributed by atoms with Crippen molar-refractivity contribution in [1.82, 2.24) is 5.27 Å². The van der Waals surface area contributed by atoms with E-state index in [-0.39, 0.29) is 10.7 Å². The zero-order valence-corrected chi connectivity index (χ0v) is 15.3. The molecule has 3 rings (SSSR count). The highest BCUT2D eigenvalue weighted by atomic mass is 32.2. The number of alkyl halides is 3. The van der Waals surface area contributed by atoms with E-state index in [9.17, 15) is 22.8 Å². The maximum atomic E-state index is 12.8. The zero-order valence-electron chi connectivity index (χ0n) is 14.5. The van der Waals surface area contributed by atoms with Crippen molar-refractivity contribution in [2.45, 2.75) is 23.4 Å². The van der Waals surface area contributed by atoms with Gasteiger partial charge >= 0.3 is 16.8 Å². The summed E-state index contributed by atoms with van der Waals surface area (Å²) in [6, 6.07) is 13.2. The van der Waals surface area contributed by atoms with Crippen LogP contribution in [0.3, 0.4) is 0 Å². The number of amides is 1. The number of para-hydroxylation sites is 1. The molecule has 0 aliphatic carbocycles. The first kappa shape index (κ1) is 19.7. The fraction of sp³-hybridized carbons (Fsp3) is 0.167. The van der Waals surface area contributed by atoms with Crippen LogP contribution in [0.5, 0.6) is 0 Å². The Kier molecular flexibility index (Phi) is 5.59. The van der Waals surface area contributed by atoms with E-state index in [4.69, 9.17) is 4.52 Å². The van der Waals surface area contributed by atoms with Gasteiger partial charge < -0.3 is 5.32 Å². The van der Waals surface area contributed by atoms with Gasteiger partial charge in [0, 0.05) is 17.8 Å². The van der Waals surface area contributed by atoms with Gasteiger partial charge in [0.05, 0.1) is 10.8 Å². The zero-order chi connectivity index (χ0) is 20.3. The largest absolute Gasteiger partial charge is 0.442 e. The Labute approximate surface area is 161 Å². The molecule has 1 heterocycles. The number of rotatable bonds is 5. The minimum absolute atomic E-state index is 0.0179. The molecule has 3 aromatic rings. The molecule has 0 aliphatic heterocycles. The Morgan fingerprint density at radius 3 is 2.57 bits per heavy atom. The van der Waals surface area contributed by atoms with E-state index in [2.05, 4.69) is 10.6 Å². The van der Waals surface area contributed by atoms with Crippen LogP contribution < -0.4 is 15.6 Å². The predicted octanol–water partition coefficient (Wildman–Crippen LogP) is 3.38. The first-order valence-corrected chi connectivity index (χ1v) is 8.97. The molecule has 2 N–H and O–H groups in total. The van der Waals surface area contributed by atoms with E-state index in [1.165, 1.54) is 23.7 Å². The van der Waals surface area contributed by atoms with Crippen LogP contribution in [-0.4, -0.2) is 16.4 Å². The third-order valence-electron chi connectivity index (χ3n) is 3.74. The number of carbonyl (C=O) groups is 1. The lowest BCUT2D eigenvalue weighted by atomic mass is 10.2. The number of hydrogen-bond acceptors (Lipinski definition) is 4. The van der Waals surface area contributed by atoms with E-state index in [0.29, 0.717) is 5.69 Å². The number of carbonyl (C=O) groups excluding carboxylic acids is 1. The van der Waals surface area contributed by atoms with Crippen LogP contribution in [0.15, 0.2) is 68.9 Å². The highest BCUT2D eigenvalue weighted by Gasteiger charge is 2.31. The third kappa shape index (κ3) is 4.45. The number of aromatic amines is 1. The molecule has 1 atom stereocenters. The summed E-state index contributed by atoms with van der Waals surface area (Å²) in [7, 11) is 0. The van der Waals surface area contributed by atoms with Crippen molar-refractivity contribution in [2.75, 3.05) is 5.32 Å². The van der Waals surface area contributed by atoms with Crippen molar-refractivity contribution in [3.8, 4) is 5.69 Å². The Balaban J connectivity index is 1.76. The summed E-state index contributed by atoms with van der Waals surface area (Å²) < 4.78 is 44.6. The number of H-pyrrole nitrogens is 1. The van der Waals surface area contributed by atoms with Crippen molar-refractivity contribution in [3.63, 3.8) is 0 Å². The summed E-state index contributed by atoms with van der Waals surface area (Å²) in [4.78, 5) is 24.4. The summed E-state index contributed by atoms with van der Waals surface area (Å²) in [6.07, 6.45) is -4.51. The van der Waals surface area contributed by atoms with Crippen LogP contribution in [0.25, 0.3) is 5.69 Å². The monoisotopic (exact) mass is 410 g/mol. The normalized spacial score (nSPS) is 12.6. The molecule has 0 saturated heterocycles. The standard InChI is InChI=1S/C18H14F3N3O3S/c1-11(15(25)22-13-7-5-6-12(10-13)18(19,20)21)28-16-17(26)27-23-24(16)14-8-3-2-4-9-14/h2-11H,1H3,(H-,22,23,25,26)/p+1. The maximum absolute atomic E-state index is 12.8. The highest BCUT2D eigenvalue weighted by molar-refractivity contribution is 8.00. The topological polar surface area (TPSA) is 79.0 Å². The van der Waals surface area contributed by atoms with Gasteiger partial charge in [-0.25, -0.2) is 4.79 Å². The molecule has 0 fully saturated rings. The molecule has 0 bridgehead atoms. The Morgan fingerprint density at radius 2 is 1.89 bits per heavy atom. The molecule has 0 saturated carbocycles. The predicted molar refractivity (Wildman–Crippen MR) is 96.3 cm³/mol. The van der Waals surface area contributed by atoms with Crippen LogP contribution in [0.1, 0.15) is 12.5 Å². The van der Waals surface area contributed by atoms with E-state index in [1.807, 2.05) is 0 Å². The average molecular weight is 410 g/mol. The molecule has 146 valence electrons. The number of thioether (sulfide) groups is 1. The van der Waals surface area contributed by atoms with E-state index < -0.39 is 28.5 Å². The molecule has 1 unspecified atom stereocenters. The van der Waals surface area contributed by atoms with Crippen LogP contribution >= 0.6 is 11.8 Å². The second-order valence-corrected chi connectivity index (χ2v) is 7.11. The van der Waals surface area contributed by atoms with E-state index in [0.717, 1.165) is 23.9 Å². The van der Waals surface area contributed by atoms with Gasteiger partial charge in [-0.1, -0.05) is 24.3 Å². The molecule has 1 aromatic heterocycles. The van der Waals surface area contributed by atoms with Crippen LogP contribution in [0.4, 0.5) is 18.9 Å². The highest BCUT2D eigenvalue weighted by Crippen LogP contribution is 2.31. The molecule has 6 nitrogen and oxygen atoms in total. The van der Waals surface area contributed by atoms with Crippen molar-refractivity contribution in [1.29, 1.82) is 0 Å². The third-order valence-corrected chi connectivity index (χ3v) is 4.88. The number of halogens is 3. The van der Waals surface area contributed by atoms with Gasteiger partial charge in [-0.15, -0.1) is 0 Å². The van der Waals surface area contributed by atoms with Crippen LogP contribution in [-0.2, 0) is 11.0 Å². The smallest absolute Gasteiger partial charge is 0.325 e. The van der Waals surface area contributed by atoms with Crippen molar-refractivity contribution in [3.05, 3.63) is 70.6 Å². The van der Waals surface area contributed by atoms with Crippen molar-refractivity contribution >= 4 is 23.4 Å². The van der Waals surface area contributed by atoms with Gasteiger partial charge in [0.1, 0.15) is 0 Å². The summed E-state index contributed by atoms with van der Waals surface area (Å²) in [5, 5.41) is 4.26. The lowest BCUT2D eigenvalue weighted by Crippen LogP contribution is -2.37. The minimum Gasteiger partial charge on any atom is -0.325 e. The second-order valence-electron chi connectivity index (χ2n) is 5.78. The Bertz CT molecular complexity index is 1030. The quantitative estimate of drug-likeness (QED) is 0.499. The summed E-state index contributed by atoms with van der Waals surface area (Å²) >= 11 is 0.927. The fourth-order valence-corrected chi connectivity index (χ4v) is 3.24. The fourth-order valence-electron chi connectivity index (χ4n) is 2.35. The number of nitrogens with zero attached hydrogens (tertiary/aromatic N) is 1. The number of aromatic nitrogens is 2. The van der Waals surface area contributed by atoms with Gasteiger partial charge in [-0.05, 0) is 46.8 Å². The molecular formula is C18H15F3N3O3S+. The molecule has 0 aliphatic rings. The molecule has 2 aromatic carbocycles. The van der Waals surface area contributed by atoms with Crippen LogP contribution in [0.2, 0.25) is 0 Å². The summed E-state index contributed by atoms with van der Waals surface area (Å²) in [6.45, 7) is 1.54. The number of nitrogens with one attached hydrogen (secondary N) is 2. The first-order valence-electron chi connectivity index (χ1n) is 8.09. The number of anilines is 1. The molecule has 10 heteroatoms. The summed E-state index contributed by atoms with van der Waals surface area (Å²) in [5.74, 6) is -0.551. The SMILES string of the molecule is CC(Sc1c(=O)o[nH][n+]1-c1ccccc1)C(=O)Nc1cccc(C(F)(F)F)c1. The van der Waals surface area contributed by atoms with E-state index in [1.54, 1.807) is 30.3 Å². The number of benzene rings is 2. The Hall–Kier alpha value is -3.01. The van der Waals surface area contributed by atoms with Crippen molar-refractivity contribution < 1.29 is 27.2 Å². The lowest BCUT2D eigenvalue weighted by molar-refractivity contribution is -0.704. The molecule has 1 amide bonds. The summed E-state index contributed by atoms with van der Waals surface area (Å²) in [5.41, 5.74) is -0.878. The molecule has 0 radical (unpaired) electrons. The second kappa shape index (κ2) is 7.93. The van der Waals surface area contributed by atoms with Gasteiger partial charge in [0.25, 0.3) is 0 Å². The average Bonchev–Trinajstić information content (AvgIpc) is 3.02. The van der Waals surface area contributed by atoms with Crippen molar-refractivity contribution in [2.24, 2.45) is 0 Å². The molecule has 0 spiro atoms. The minimum atomic E-state index is -4.51. The Morgan fingerprint density at radius 1 is 1.18 bits per heavy atom. The van der Waals surface area contributed by atoms with Gasteiger partial charge in [-0.2, -0.15) is 13.2 Å².